The van der Waals surface area contributed by atoms with Crippen LogP contribution < -0.4 is 9.60 Å². The normalized spacial score (nSPS) is 15.2. The second-order valence-corrected chi connectivity index (χ2v) is 13.4. The molecule has 1 aliphatic heterocycles. The zero-order chi connectivity index (χ0) is 26.2. The number of thiazole rings is 1. The summed E-state index contributed by atoms with van der Waals surface area (Å²) in [6.45, 7) is 1.54. The lowest BCUT2D eigenvalue weighted by molar-refractivity contribution is 0.0730. The van der Waals surface area contributed by atoms with E-state index in [2.05, 4.69) is 4.72 Å². The highest BCUT2D eigenvalue weighted by molar-refractivity contribution is 7.92. The number of halogens is 1. The molecule has 9 nitrogen and oxygen atoms in total. The maximum atomic E-state index is 13.0. The molecule has 194 valence electrons. The summed E-state index contributed by atoms with van der Waals surface area (Å²) in [5, 5.41) is 0.599. The third-order valence-corrected chi connectivity index (χ3v) is 10.4. The molecule has 5 rings (SSSR count). The molecular weight excluding hydrogens is 558 g/mol. The van der Waals surface area contributed by atoms with E-state index >= 15 is 0 Å². The number of aromatic nitrogens is 1. The first-order valence-electron chi connectivity index (χ1n) is 11.2. The van der Waals surface area contributed by atoms with Gasteiger partial charge in [-0.15, -0.1) is 0 Å². The summed E-state index contributed by atoms with van der Waals surface area (Å²) >= 11 is 6.90. The Morgan fingerprint density at radius 3 is 2.22 bits per heavy atom. The first kappa shape index (κ1) is 25.9. The number of hydrogen-bond donors (Lipinski definition) is 1. The molecule has 0 atom stereocenters. The SMILES string of the molecule is O=c1sc2cc(S(=O)(=O)Nc3ccc(S(=O)(=O)N4CCOCC4)cc3)ccc2n1Cc1ccc(Cl)cc1. The van der Waals surface area contributed by atoms with E-state index in [0.717, 1.165) is 16.9 Å². The third-order valence-electron chi connectivity index (χ3n) is 5.92. The third kappa shape index (κ3) is 5.44. The first-order chi connectivity index (χ1) is 17.6. The molecule has 1 aromatic heterocycles. The van der Waals surface area contributed by atoms with E-state index < -0.39 is 20.0 Å². The number of sulfonamides is 2. The number of ether oxygens (including phenoxy) is 1. The molecule has 1 saturated heterocycles. The minimum atomic E-state index is -3.99. The van der Waals surface area contributed by atoms with Crippen LogP contribution in [0, 0.1) is 0 Å². The molecule has 37 heavy (non-hydrogen) atoms. The van der Waals surface area contributed by atoms with E-state index in [-0.39, 0.29) is 33.4 Å². The topological polar surface area (TPSA) is 115 Å². The predicted octanol–water partition coefficient (Wildman–Crippen LogP) is 3.59. The fourth-order valence-corrected chi connectivity index (χ4v) is 7.60. The summed E-state index contributed by atoms with van der Waals surface area (Å²) in [6, 6.07) is 17.2. The van der Waals surface area contributed by atoms with Crippen LogP contribution in [0.4, 0.5) is 5.69 Å². The highest BCUT2D eigenvalue weighted by Gasteiger charge is 2.26. The van der Waals surface area contributed by atoms with E-state index in [0.29, 0.717) is 35.0 Å². The Bertz CT molecular complexity index is 1710. The standard InChI is InChI=1S/C24H22ClN3O6S3/c25-18-3-1-17(2-4-18)16-28-22-10-9-21(15-23(22)35-24(28)29)36(30,31)26-19-5-7-20(8-6-19)37(32,33)27-11-13-34-14-12-27/h1-10,15,26H,11-14,16H2. The number of rotatable bonds is 7. The molecule has 1 fully saturated rings. The van der Waals surface area contributed by atoms with E-state index in [1.807, 2.05) is 12.1 Å². The van der Waals surface area contributed by atoms with Gasteiger partial charge in [-0.25, -0.2) is 16.8 Å². The van der Waals surface area contributed by atoms with Gasteiger partial charge in [0.1, 0.15) is 0 Å². The Kier molecular flexibility index (Phi) is 7.14. The van der Waals surface area contributed by atoms with Gasteiger partial charge in [0.2, 0.25) is 10.0 Å². The number of nitrogens with one attached hydrogen (secondary N) is 1. The number of fused-ring (bicyclic) bond motifs is 1. The molecule has 4 aromatic rings. The maximum Gasteiger partial charge on any atom is 0.308 e. The molecule has 2 heterocycles. The molecule has 1 N–H and O–H groups in total. The second kappa shape index (κ2) is 10.2. The summed E-state index contributed by atoms with van der Waals surface area (Å²) < 4.78 is 62.8. The van der Waals surface area contributed by atoms with Gasteiger partial charge in [-0.05, 0) is 60.2 Å². The highest BCUT2D eigenvalue weighted by Crippen LogP contribution is 2.25. The Morgan fingerprint density at radius 1 is 0.892 bits per heavy atom. The summed E-state index contributed by atoms with van der Waals surface area (Å²) in [5.74, 6) is 0. The molecule has 0 bridgehead atoms. The van der Waals surface area contributed by atoms with Crippen LogP contribution in [0.2, 0.25) is 5.02 Å². The first-order valence-corrected chi connectivity index (χ1v) is 15.3. The lowest BCUT2D eigenvalue weighted by atomic mass is 10.2. The van der Waals surface area contributed by atoms with Gasteiger partial charge in [-0.2, -0.15) is 4.31 Å². The number of anilines is 1. The van der Waals surface area contributed by atoms with E-state index in [9.17, 15) is 21.6 Å². The van der Waals surface area contributed by atoms with Gasteiger partial charge in [0.25, 0.3) is 10.0 Å². The van der Waals surface area contributed by atoms with Crippen molar-refractivity contribution < 1.29 is 21.6 Å². The molecule has 3 aromatic carbocycles. The lowest BCUT2D eigenvalue weighted by Gasteiger charge is -2.26. The van der Waals surface area contributed by atoms with Crippen LogP contribution in [-0.4, -0.2) is 52.0 Å². The average Bonchev–Trinajstić information content (AvgIpc) is 3.20. The number of hydrogen-bond acceptors (Lipinski definition) is 7. The number of benzene rings is 3. The molecule has 1 aliphatic rings. The van der Waals surface area contributed by atoms with Crippen LogP contribution >= 0.6 is 22.9 Å². The van der Waals surface area contributed by atoms with E-state index in [1.54, 1.807) is 22.8 Å². The van der Waals surface area contributed by atoms with Crippen molar-refractivity contribution in [2.45, 2.75) is 16.3 Å². The Labute approximate surface area is 223 Å². The molecule has 0 aliphatic carbocycles. The fraction of sp³-hybridized carbons (Fsp3) is 0.208. The molecule has 0 spiro atoms. The van der Waals surface area contributed by atoms with Gasteiger partial charge >= 0.3 is 4.87 Å². The van der Waals surface area contributed by atoms with Gasteiger partial charge in [0, 0.05) is 23.8 Å². The summed E-state index contributed by atoms with van der Waals surface area (Å²) in [6.07, 6.45) is 0. The predicted molar refractivity (Wildman–Crippen MR) is 143 cm³/mol. The van der Waals surface area contributed by atoms with Crippen molar-refractivity contribution in [3.63, 3.8) is 0 Å². The molecule has 0 saturated carbocycles. The number of morpholine rings is 1. The lowest BCUT2D eigenvalue weighted by Crippen LogP contribution is -2.40. The van der Waals surface area contributed by atoms with E-state index in [1.165, 1.54) is 40.7 Å². The Hall–Kier alpha value is -2.74. The van der Waals surface area contributed by atoms with Crippen molar-refractivity contribution in [1.29, 1.82) is 0 Å². The summed E-state index contributed by atoms with van der Waals surface area (Å²) in [7, 11) is -7.67. The smallest absolute Gasteiger partial charge is 0.308 e. The van der Waals surface area contributed by atoms with Crippen molar-refractivity contribution in [3.05, 3.63) is 87.0 Å². The van der Waals surface area contributed by atoms with Gasteiger partial charge in [0.15, 0.2) is 0 Å². The minimum absolute atomic E-state index is 0.00934. The molecular formula is C24H22ClN3O6S3. The second-order valence-electron chi connectivity index (χ2n) is 8.36. The van der Waals surface area contributed by atoms with Crippen LogP contribution in [0.3, 0.4) is 0 Å². The van der Waals surface area contributed by atoms with Crippen LogP contribution in [0.5, 0.6) is 0 Å². The quantitative estimate of drug-likeness (QED) is 0.358. The Morgan fingerprint density at radius 2 is 1.54 bits per heavy atom. The van der Waals surface area contributed by atoms with Crippen molar-refractivity contribution >= 4 is 58.9 Å². The van der Waals surface area contributed by atoms with Crippen LogP contribution in [-0.2, 0) is 31.3 Å². The largest absolute Gasteiger partial charge is 0.379 e. The van der Waals surface area contributed by atoms with Crippen molar-refractivity contribution in [1.82, 2.24) is 8.87 Å². The van der Waals surface area contributed by atoms with Gasteiger partial charge in [0.05, 0.1) is 39.8 Å². The summed E-state index contributed by atoms with van der Waals surface area (Å²) in [4.78, 5) is 12.5. The monoisotopic (exact) mass is 579 g/mol. The molecule has 0 radical (unpaired) electrons. The molecule has 0 amide bonds. The average molecular weight is 580 g/mol. The highest BCUT2D eigenvalue weighted by atomic mass is 35.5. The fourth-order valence-electron chi connectivity index (χ4n) is 3.98. The van der Waals surface area contributed by atoms with E-state index in [4.69, 9.17) is 16.3 Å². The number of nitrogens with zero attached hydrogens (tertiary/aromatic N) is 2. The van der Waals surface area contributed by atoms with Crippen LogP contribution in [0.25, 0.3) is 10.2 Å². The van der Waals surface area contributed by atoms with Crippen molar-refractivity contribution in [3.8, 4) is 0 Å². The van der Waals surface area contributed by atoms with Gasteiger partial charge in [-0.1, -0.05) is 35.1 Å². The zero-order valence-corrected chi connectivity index (χ0v) is 22.5. The van der Waals surface area contributed by atoms with Crippen molar-refractivity contribution in [2.24, 2.45) is 0 Å². The van der Waals surface area contributed by atoms with Crippen LogP contribution in [0.1, 0.15) is 5.56 Å². The van der Waals surface area contributed by atoms with Crippen LogP contribution in [0.15, 0.2) is 81.3 Å². The van der Waals surface area contributed by atoms with Gasteiger partial charge in [-0.3, -0.25) is 14.1 Å². The minimum Gasteiger partial charge on any atom is -0.379 e. The van der Waals surface area contributed by atoms with Crippen molar-refractivity contribution in [2.75, 3.05) is 31.0 Å². The Balaban J connectivity index is 1.36. The van der Waals surface area contributed by atoms with Gasteiger partial charge < -0.3 is 4.74 Å². The molecule has 13 heteroatoms. The maximum absolute atomic E-state index is 13.0. The summed E-state index contributed by atoms with van der Waals surface area (Å²) in [5.41, 5.74) is 1.74. The zero-order valence-electron chi connectivity index (χ0n) is 19.3. The molecule has 0 unspecified atom stereocenters.